The van der Waals surface area contributed by atoms with Crippen molar-refractivity contribution >= 4 is 5.91 Å². The minimum absolute atomic E-state index is 0.118. The van der Waals surface area contributed by atoms with E-state index in [9.17, 15) is 13.6 Å². The van der Waals surface area contributed by atoms with Gasteiger partial charge in [-0.3, -0.25) is 4.79 Å². The van der Waals surface area contributed by atoms with Gasteiger partial charge in [0.2, 0.25) is 0 Å². The number of hydrogen-bond acceptors (Lipinski definition) is 2. The molecule has 2 aliphatic rings. The summed E-state index contributed by atoms with van der Waals surface area (Å²) < 4.78 is 27.2. The molecule has 2 aliphatic heterocycles. The predicted octanol–water partition coefficient (Wildman–Crippen LogP) is 2.66. The Kier molecular flexibility index (Phi) is 3.93. The number of nitrogens with zero attached hydrogens (tertiary/aromatic N) is 2. The number of amides is 1. The summed E-state index contributed by atoms with van der Waals surface area (Å²) in [6, 6.07) is 4.26. The molecule has 0 aliphatic carbocycles. The van der Waals surface area contributed by atoms with Crippen LogP contribution in [0.4, 0.5) is 8.78 Å². The van der Waals surface area contributed by atoms with E-state index >= 15 is 0 Å². The molecule has 2 fully saturated rings. The summed E-state index contributed by atoms with van der Waals surface area (Å²) in [6.45, 7) is 1.67. The van der Waals surface area contributed by atoms with Crippen molar-refractivity contribution in [3.63, 3.8) is 0 Å². The normalized spacial score (nSPS) is 26.5. The summed E-state index contributed by atoms with van der Waals surface area (Å²) in [5.74, 6) is -2.38. The standard InChI is InChI=1S/C16H20F2N2O/c1-19-9-3-7-13(19)14-8-4-10-20(14)16(21)11-5-2-6-12(17)15(11)18/h2,5-6,13-14H,3-4,7-10H2,1H3. The first kappa shape index (κ1) is 14.4. The van der Waals surface area contributed by atoms with Crippen molar-refractivity contribution in [2.75, 3.05) is 20.1 Å². The first-order chi connectivity index (χ1) is 10.1. The summed E-state index contributed by atoms with van der Waals surface area (Å²) >= 11 is 0. The minimum atomic E-state index is -1.03. The topological polar surface area (TPSA) is 23.6 Å². The Morgan fingerprint density at radius 3 is 2.57 bits per heavy atom. The summed E-state index contributed by atoms with van der Waals surface area (Å²) in [6.07, 6.45) is 4.07. The lowest BCUT2D eigenvalue weighted by molar-refractivity contribution is 0.0658. The average Bonchev–Trinajstić information content (AvgIpc) is 3.09. The molecule has 2 heterocycles. The van der Waals surface area contributed by atoms with Gasteiger partial charge in [-0.05, 0) is 51.4 Å². The molecule has 0 N–H and O–H groups in total. The van der Waals surface area contributed by atoms with Gasteiger partial charge >= 0.3 is 0 Å². The molecule has 2 atom stereocenters. The molecular weight excluding hydrogens is 274 g/mol. The molecule has 2 unspecified atom stereocenters. The van der Waals surface area contributed by atoms with E-state index in [4.69, 9.17) is 0 Å². The van der Waals surface area contributed by atoms with Crippen molar-refractivity contribution in [1.82, 2.24) is 9.80 Å². The van der Waals surface area contributed by atoms with Gasteiger partial charge in [0.05, 0.1) is 5.56 Å². The van der Waals surface area contributed by atoms with Crippen molar-refractivity contribution in [3.8, 4) is 0 Å². The quantitative estimate of drug-likeness (QED) is 0.837. The van der Waals surface area contributed by atoms with Crippen molar-refractivity contribution in [2.45, 2.75) is 37.8 Å². The van der Waals surface area contributed by atoms with E-state index in [1.807, 2.05) is 0 Å². The Balaban J connectivity index is 1.84. The first-order valence-electron chi connectivity index (χ1n) is 7.55. The number of likely N-dealkylation sites (tertiary alicyclic amines) is 2. The van der Waals surface area contributed by atoms with Gasteiger partial charge in [0.15, 0.2) is 11.6 Å². The maximum atomic E-state index is 13.9. The molecular formula is C16H20F2N2O. The lowest BCUT2D eigenvalue weighted by Gasteiger charge is -2.33. The smallest absolute Gasteiger partial charge is 0.257 e. The predicted molar refractivity (Wildman–Crippen MR) is 76.1 cm³/mol. The second kappa shape index (κ2) is 5.72. The van der Waals surface area contributed by atoms with Crippen LogP contribution >= 0.6 is 0 Å². The maximum Gasteiger partial charge on any atom is 0.257 e. The van der Waals surface area contributed by atoms with Crippen LogP contribution in [0, 0.1) is 11.6 Å². The molecule has 2 saturated heterocycles. The number of rotatable bonds is 2. The van der Waals surface area contributed by atoms with Crippen LogP contribution in [-0.2, 0) is 0 Å². The first-order valence-corrected chi connectivity index (χ1v) is 7.55. The summed E-state index contributed by atoms with van der Waals surface area (Å²) in [5, 5.41) is 0. The Labute approximate surface area is 123 Å². The fourth-order valence-corrected chi connectivity index (χ4v) is 3.69. The Morgan fingerprint density at radius 1 is 1.14 bits per heavy atom. The molecule has 1 amide bonds. The van der Waals surface area contributed by atoms with Crippen molar-refractivity contribution < 1.29 is 13.6 Å². The molecule has 114 valence electrons. The largest absolute Gasteiger partial charge is 0.334 e. The molecule has 21 heavy (non-hydrogen) atoms. The number of benzene rings is 1. The Morgan fingerprint density at radius 2 is 1.86 bits per heavy atom. The van der Waals surface area contributed by atoms with Crippen LogP contribution in [0.25, 0.3) is 0 Å². The van der Waals surface area contributed by atoms with E-state index in [1.165, 1.54) is 12.1 Å². The zero-order valence-corrected chi connectivity index (χ0v) is 12.2. The summed E-state index contributed by atoms with van der Waals surface area (Å²) in [7, 11) is 2.07. The number of likely N-dealkylation sites (N-methyl/N-ethyl adjacent to an activating group) is 1. The number of halogens is 2. The number of carbonyl (C=O) groups is 1. The molecule has 0 aromatic heterocycles. The van der Waals surface area contributed by atoms with Crippen molar-refractivity contribution in [2.24, 2.45) is 0 Å². The summed E-state index contributed by atoms with van der Waals surface area (Å²) in [4.78, 5) is 16.6. The van der Waals surface area contributed by atoms with Crippen LogP contribution in [0.3, 0.4) is 0 Å². The van der Waals surface area contributed by atoms with Gasteiger partial charge in [0.25, 0.3) is 5.91 Å². The third-order valence-corrected chi connectivity index (χ3v) is 4.76. The molecule has 1 aromatic carbocycles. The lowest BCUT2D eigenvalue weighted by atomic mass is 10.0. The second-order valence-corrected chi connectivity index (χ2v) is 6.00. The molecule has 0 saturated carbocycles. The Hall–Kier alpha value is -1.49. The van der Waals surface area contributed by atoms with Gasteiger partial charge < -0.3 is 9.80 Å². The molecule has 0 radical (unpaired) electrons. The van der Waals surface area contributed by atoms with E-state index in [0.29, 0.717) is 12.6 Å². The van der Waals surface area contributed by atoms with Crippen LogP contribution in [0.1, 0.15) is 36.0 Å². The highest BCUT2D eigenvalue weighted by atomic mass is 19.2. The highest BCUT2D eigenvalue weighted by Gasteiger charge is 2.39. The highest BCUT2D eigenvalue weighted by Crippen LogP contribution is 2.30. The van der Waals surface area contributed by atoms with E-state index in [1.54, 1.807) is 4.90 Å². The maximum absolute atomic E-state index is 13.9. The fourth-order valence-electron chi connectivity index (χ4n) is 3.69. The zero-order chi connectivity index (χ0) is 15.0. The van der Waals surface area contributed by atoms with Crippen LogP contribution in [0.15, 0.2) is 18.2 Å². The van der Waals surface area contributed by atoms with Crippen LogP contribution in [-0.4, -0.2) is 47.9 Å². The lowest BCUT2D eigenvalue weighted by Crippen LogP contribution is -2.47. The van der Waals surface area contributed by atoms with E-state index in [2.05, 4.69) is 11.9 Å². The second-order valence-electron chi connectivity index (χ2n) is 6.00. The number of carbonyl (C=O) groups excluding carboxylic acids is 1. The minimum Gasteiger partial charge on any atom is -0.334 e. The molecule has 5 heteroatoms. The zero-order valence-electron chi connectivity index (χ0n) is 12.2. The van der Waals surface area contributed by atoms with Gasteiger partial charge in [-0.25, -0.2) is 8.78 Å². The van der Waals surface area contributed by atoms with Gasteiger partial charge in [0, 0.05) is 18.6 Å². The molecule has 0 spiro atoms. The third-order valence-electron chi connectivity index (χ3n) is 4.76. The van der Waals surface area contributed by atoms with Crippen molar-refractivity contribution in [1.29, 1.82) is 0 Å². The summed E-state index contributed by atoms with van der Waals surface area (Å²) in [5.41, 5.74) is -0.150. The van der Waals surface area contributed by atoms with Gasteiger partial charge in [-0.1, -0.05) is 6.07 Å². The Bertz CT molecular complexity index is 549. The average molecular weight is 294 g/mol. The van der Waals surface area contributed by atoms with Crippen LogP contribution in [0.2, 0.25) is 0 Å². The van der Waals surface area contributed by atoms with Crippen molar-refractivity contribution in [3.05, 3.63) is 35.4 Å². The number of hydrogen-bond donors (Lipinski definition) is 0. The molecule has 0 bridgehead atoms. The van der Waals surface area contributed by atoms with Gasteiger partial charge in [-0.15, -0.1) is 0 Å². The van der Waals surface area contributed by atoms with E-state index in [-0.39, 0.29) is 17.5 Å². The van der Waals surface area contributed by atoms with Crippen LogP contribution in [0.5, 0.6) is 0 Å². The third kappa shape index (κ3) is 2.55. The highest BCUT2D eigenvalue weighted by molar-refractivity contribution is 5.95. The molecule has 1 aromatic rings. The van der Waals surface area contributed by atoms with Gasteiger partial charge in [-0.2, -0.15) is 0 Å². The van der Waals surface area contributed by atoms with Gasteiger partial charge in [0.1, 0.15) is 0 Å². The van der Waals surface area contributed by atoms with Crippen LogP contribution < -0.4 is 0 Å². The SMILES string of the molecule is CN1CCCC1C1CCCN1C(=O)c1cccc(F)c1F. The fraction of sp³-hybridized carbons (Fsp3) is 0.562. The van der Waals surface area contributed by atoms with E-state index < -0.39 is 11.6 Å². The monoisotopic (exact) mass is 294 g/mol. The van der Waals surface area contributed by atoms with E-state index in [0.717, 1.165) is 38.3 Å². The molecule has 3 rings (SSSR count). The molecule has 3 nitrogen and oxygen atoms in total.